The summed E-state index contributed by atoms with van der Waals surface area (Å²) in [6.45, 7) is 4.01. The van der Waals surface area contributed by atoms with Crippen LogP contribution in [0.3, 0.4) is 0 Å². The fourth-order valence-corrected chi connectivity index (χ4v) is 3.11. The van der Waals surface area contributed by atoms with E-state index >= 15 is 0 Å². The van der Waals surface area contributed by atoms with Crippen LogP contribution in [-0.4, -0.2) is 72.2 Å². The summed E-state index contributed by atoms with van der Waals surface area (Å²) in [5, 5.41) is 0. The third-order valence-corrected chi connectivity index (χ3v) is 4.34. The van der Waals surface area contributed by atoms with Crippen molar-refractivity contribution in [2.24, 2.45) is 5.92 Å². The van der Waals surface area contributed by atoms with Crippen molar-refractivity contribution in [3.8, 4) is 0 Å². The van der Waals surface area contributed by atoms with E-state index in [1.165, 1.54) is 0 Å². The van der Waals surface area contributed by atoms with Crippen LogP contribution in [0.1, 0.15) is 5.69 Å². The molecule has 0 bridgehead atoms. The van der Waals surface area contributed by atoms with Crippen LogP contribution in [0.2, 0.25) is 0 Å². The van der Waals surface area contributed by atoms with E-state index in [9.17, 15) is 0 Å². The Hall–Kier alpha value is -2.28. The molecule has 0 saturated carbocycles. The Morgan fingerprint density at radius 3 is 2.75 bits per heavy atom. The van der Waals surface area contributed by atoms with Gasteiger partial charge in [0.05, 0.1) is 6.20 Å². The van der Waals surface area contributed by atoms with Crippen LogP contribution in [0.4, 0.5) is 11.6 Å². The minimum absolute atomic E-state index is 0.490. The molecule has 1 saturated heterocycles. The summed E-state index contributed by atoms with van der Waals surface area (Å²) in [6.07, 6.45) is 7.91. The lowest BCUT2D eigenvalue weighted by Gasteiger charge is -2.24. The topological polar surface area (TPSA) is 61.3 Å². The fraction of sp³-hybridized carbons (Fsp3) is 0.529. The smallest absolute Gasteiger partial charge is 0.147 e. The van der Waals surface area contributed by atoms with Crippen LogP contribution in [0.15, 0.2) is 31.0 Å². The molecular weight excluding hydrogens is 302 g/mol. The highest BCUT2D eigenvalue weighted by Gasteiger charge is 2.23. The van der Waals surface area contributed by atoms with E-state index in [1.807, 2.05) is 25.2 Å². The summed E-state index contributed by atoms with van der Waals surface area (Å²) in [5.41, 5.74) is 1.09. The van der Waals surface area contributed by atoms with Gasteiger partial charge >= 0.3 is 0 Å². The molecule has 7 heteroatoms. The van der Waals surface area contributed by atoms with E-state index in [2.05, 4.69) is 42.8 Å². The van der Waals surface area contributed by atoms with E-state index in [1.54, 1.807) is 18.7 Å². The van der Waals surface area contributed by atoms with Gasteiger partial charge in [0.25, 0.3) is 0 Å². The molecule has 0 amide bonds. The first-order valence-corrected chi connectivity index (χ1v) is 8.29. The van der Waals surface area contributed by atoms with Crippen molar-refractivity contribution in [1.29, 1.82) is 0 Å². The maximum Gasteiger partial charge on any atom is 0.147 e. The SMILES string of the molecule is CN1CCN(c2cnccn2)C[C@@H](Cc2cc(N(C)C)ncn2)C1. The molecule has 2 aromatic heterocycles. The Bertz CT molecular complexity index is 646. The van der Waals surface area contributed by atoms with Gasteiger partial charge in [-0.05, 0) is 19.4 Å². The maximum absolute atomic E-state index is 4.47. The summed E-state index contributed by atoms with van der Waals surface area (Å²) >= 11 is 0. The Kier molecular flexibility index (Phi) is 5.20. The van der Waals surface area contributed by atoms with Gasteiger partial charge in [-0.1, -0.05) is 0 Å². The predicted molar refractivity (Wildman–Crippen MR) is 95.3 cm³/mol. The highest BCUT2D eigenvalue weighted by Crippen LogP contribution is 2.19. The molecule has 7 nitrogen and oxygen atoms in total. The molecule has 1 aliphatic heterocycles. The third kappa shape index (κ3) is 4.17. The Morgan fingerprint density at radius 2 is 2.00 bits per heavy atom. The average Bonchev–Trinajstić information content (AvgIpc) is 2.77. The van der Waals surface area contributed by atoms with E-state index < -0.39 is 0 Å². The Morgan fingerprint density at radius 1 is 1.12 bits per heavy atom. The van der Waals surface area contributed by atoms with Crippen molar-refractivity contribution >= 4 is 11.6 Å². The average molecular weight is 327 g/mol. The van der Waals surface area contributed by atoms with Crippen molar-refractivity contribution in [2.75, 3.05) is 57.1 Å². The number of hydrogen-bond donors (Lipinski definition) is 0. The molecule has 2 aromatic rings. The lowest BCUT2D eigenvalue weighted by atomic mass is 10.0. The van der Waals surface area contributed by atoms with Crippen LogP contribution in [-0.2, 0) is 6.42 Å². The molecule has 3 heterocycles. The molecule has 0 aliphatic carbocycles. The number of aromatic nitrogens is 4. The molecule has 1 atom stereocenters. The van der Waals surface area contributed by atoms with E-state index in [0.29, 0.717) is 5.92 Å². The molecule has 0 aromatic carbocycles. The van der Waals surface area contributed by atoms with Gasteiger partial charge in [-0.15, -0.1) is 0 Å². The summed E-state index contributed by atoms with van der Waals surface area (Å²) in [5.74, 6) is 2.40. The largest absolute Gasteiger partial charge is 0.363 e. The standard InChI is InChI=1S/C17H25N7/c1-22(2)16-9-15(20-13-21-16)8-14-11-23(3)6-7-24(12-14)17-10-18-4-5-19-17/h4-5,9-10,13-14H,6-8,11-12H2,1-3H3/t14-/m0/s1. The van der Waals surface area contributed by atoms with Gasteiger partial charge in [0, 0.05) is 64.4 Å². The molecule has 1 aliphatic rings. The predicted octanol–water partition coefficient (Wildman–Crippen LogP) is 0.943. The number of likely N-dealkylation sites (N-methyl/N-ethyl adjacent to an activating group) is 1. The Labute approximate surface area is 143 Å². The number of rotatable bonds is 4. The summed E-state index contributed by atoms with van der Waals surface area (Å²) in [4.78, 5) is 24.2. The molecule has 0 unspecified atom stereocenters. The van der Waals surface area contributed by atoms with Crippen LogP contribution >= 0.6 is 0 Å². The van der Waals surface area contributed by atoms with Gasteiger partial charge in [0.2, 0.25) is 0 Å². The van der Waals surface area contributed by atoms with Crippen molar-refractivity contribution < 1.29 is 0 Å². The lowest BCUT2D eigenvalue weighted by Crippen LogP contribution is -2.31. The van der Waals surface area contributed by atoms with Crippen molar-refractivity contribution in [3.05, 3.63) is 36.7 Å². The first kappa shape index (κ1) is 16.6. The molecule has 0 radical (unpaired) electrons. The zero-order valence-electron chi connectivity index (χ0n) is 14.6. The fourth-order valence-electron chi connectivity index (χ4n) is 3.11. The monoisotopic (exact) mass is 327 g/mol. The molecule has 0 N–H and O–H groups in total. The minimum Gasteiger partial charge on any atom is -0.363 e. The van der Waals surface area contributed by atoms with Gasteiger partial charge in [-0.2, -0.15) is 0 Å². The first-order chi connectivity index (χ1) is 11.6. The van der Waals surface area contributed by atoms with Gasteiger partial charge < -0.3 is 14.7 Å². The van der Waals surface area contributed by atoms with Gasteiger partial charge in [-0.25, -0.2) is 15.0 Å². The highest BCUT2D eigenvalue weighted by atomic mass is 15.2. The van der Waals surface area contributed by atoms with Crippen LogP contribution in [0, 0.1) is 5.92 Å². The second-order valence-corrected chi connectivity index (χ2v) is 6.60. The molecule has 24 heavy (non-hydrogen) atoms. The summed E-state index contributed by atoms with van der Waals surface area (Å²) in [7, 11) is 6.18. The highest BCUT2D eigenvalue weighted by molar-refractivity contribution is 5.37. The molecule has 0 spiro atoms. The molecule has 1 fully saturated rings. The van der Waals surface area contributed by atoms with Crippen LogP contribution in [0.5, 0.6) is 0 Å². The van der Waals surface area contributed by atoms with Crippen molar-refractivity contribution in [2.45, 2.75) is 6.42 Å². The van der Waals surface area contributed by atoms with Crippen molar-refractivity contribution in [3.63, 3.8) is 0 Å². The zero-order chi connectivity index (χ0) is 16.9. The van der Waals surface area contributed by atoms with E-state index in [4.69, 9.17) is 0 Å². The zero-order valence-corrected chi connectivity index (χ0v) is 14.6. The third-order valence-electron chi connectivity index (χ3n) is 4.34. The molecule has 3 rings (SSSR count). The normalized spacial score (nSPS) is 19.1. The minimum atomic E-state index is 0.490. The molecule has 128 valence electrons. The van der Waals surface area contributed by atoms with E-state index in [0.717, 1.165) is 49.9 Å². The lowest BCUT2D eigenvalue weighted by molar-refractivity contribution is 0.308. The molecular formula is C17H25N7. The quantitative estimate of drug-likeness (QED) is 0.828. The van der Waals surface area contributed by atoms with Crippen LogP contribution in [0.25, 0.3) is 0 Å². The summed E-state index contributed by atoms with van der Waals surface area (Å²) in [6, 6.07) is 2.08. The van der Waals surface area contributed by atoms with Gasteiger partial charge in [0.15, 0.2) is 0 Å². The second-order valence-electron chi connectivity index (χ2n) is 6.60. The maximum atomic E-state index is 4.47. The number of hydrogen-bond acceptors (Lipinski definition) is 7. The van der Waals surface area contributed by atoms with Crippen molar-refractivity contribution in [1.82, 2.24) is 24.8 Å². The Balaban J connectivity index is 1.74. The summed E-state index contributed by atoms with van der Waals surface area (Å²) < 4.78 is 0. The van der Waals surface area contributed by atoms with Gasteiger partial charge in [0.1, 0.15) is 18.0 Å². The van der Waals surface area contributed by atoms with Gasteiger partial charge in [-0.3, -0.25) is 4.98 Å². The number of anilines is 2. The number of nitrogens with zero attached hydrogens (tertiary/aromatic N) is 7. The first-order valence-electron chi connectivity index (χ1n) is 8.29. The second kappa shape index (κ2) is 7.53. The van der Waals surface area contributed by atoms with E-state index in [-0.39, 0.29) is 0 Å². The van der Waals surface area contributed by atoms with Crippen LogP contribution < -0.4 is 9.80 Å².